The van der Waals surface area contributed by atoms with Gasteiger partial charge in [0.25, 0.3) is 5.91 Å². The first-order valence-corrected chi connectivity index (χ1v) is 11.8. The van der Waals surface area contributed by atoms with Crippen molar-refractivity contribution in [1.82, 2.24) is 9.29 Å². The lowest BCUT2D eigenvalue weighted by Gasteiger charge is -2.26. The van der Waals surface area contributed by atoms with E-state index in [0.29, 0.717) is 18.1 Å². The fourth-order valence-corrected chi connectivity index (χ4v) is 4.88. The van der Waals surface area contributed by atoms with Crippen molar-refractivity contribution >= 4 is 50.9 Å². The zero-order chi connectivity index (χ0) is 22.6. The second-order valence-corrected chi connectivity index (χ2v) is 9.79. The van der Waals surface area contributed by atoms with Crippen molar-refractivity contribution in [3.63, 3.8) is 0 Å². The molecular formula is C20H21Cl2N3O5S. The molecule has 0 bridgehead atoms. The number of sulfonamides is 1. The largest absolute Gasteiger partial charge is 0.449 e. The highest BCUT2D eigenvalue weighted by atomic mass is 35.5. The number of piperidine rings is 1. The minimum absolute atomic E-state index is 0.0228. The molecule has 2 aromatic rings. The topological polar surface area (TPSA) is 106 Å². The number of ether oxygens (including phenoxy) is 1. The summed E-state index contributed by atoms with van der Waals surface area (Å²) in [4.78, 5) is 28.8. The highest BCUT2D eigenvalue weighted by Gasteiger charge is 2.28. The molecule has 1 atom stereocenters. The summed E-state index contributed by atoms with van der Waals surface area (Å²) >= 11 is 11.9. The van der Waals surface area contributed by atoms with Gasteiger partial charge in [0.05, 0.1) is 20.5 Å². The summed E-state index contributed by atoms with van der Waals surface area (Å²) in [5.74, 6) is -1.28. The van der Waals surface area contributed by atoms with Gasteiger partial charge < -0.3 is 10.1 Å². The van der Waals surface area contributed by atoms with E-state index in [0.717, 1.165) is 19.3 Å². The van der Waals surface area contributed by atoms with E-state index < -0.39 is 28.0 Å². The first-order valence-electron chi connectivity index (χ1n) is 9.61. The van der Waals surface area contributed by atoms with Crippen molar-refractivity contribution in [2.24, 2.45) is 0 Å². The van der Waals surface area contributed by atoms with Crippen LogP contribution in [-0.2, 0) is 19.6 Å². The number of esters is 1. The number of anilines is 1. The number of pyridine rings is 1. The quantitative estimate of drug-likeness (QED) is 0.624. The Bertz CT molecular complexity index is 1070. The third-order valence-corrected chi connectivity index (χ3v) is 7.19. The van der Waals surface area contributed by atoms with Crippen LogP contribution in [0.15, 0.2) is 41.4 Å². The zero-order valence-corrected chi connectivity index (χ0v) is 19.0. The number of nitrogens with zero attached hydrogens (tertiary/aromatic N) is 2. The molecule has 1 N–H and O–H groups in total. The molecule has 31 heavy (non-hydrogen) atoms. The maximum absolute atomic E-state index is 12.9. The number of halogens is 2. The van der Waals surface area contributed by atoms with Gasteiger partial charge >= 0.3 is 5.97 Å². The van der Waals surface area contributed by atoms with Crippen LogP contribution in [0.3, 0.4) is 0 Å². The number of carbonyl (C=O) groups excluding carboxylic acids is 2. The predicted molar refractivity (Wildman–Crippen MR) is 117 cm³/mol. The van der Waals surface area contributed by atoms with Gasteiger partial charge in [-0.3, -0.25) is 4.79 Å². The SMILES string of the molecule is C[C@H](OC(=O)c1cc(S(=O)(=O)N2CCCCC2)ccc1Cl)C(=O)Nc1ccc(Cl)cn1. The average molecular weight is 486 g/mol. The maximum atomic E-state index is 12.9. The maximum Gasteiger partial charge on any atom is 0.340 e. The smallest absolute Gasteiger partial charge is 0.340 e. The molecule has 1 saturated heterocycles. The van der Waals surface area contributed by atoms with Gasteiger partial charge in [-0.25, -0.2) is 18.2 Å². The number of benzene rings is 1. The van der Waals surface area contributed by atoms with Gasteiger partial charge in [0.1, 0.15) is 5.82 Å². The number of hydrogen-bond acceptors (Lipinski definition) is 6. The van der Waals surface area contributed by atoms with Crippen molar-refractivity contribution in [3.05, 3.63) is 52.1 Å². The van der Waals surface area contributed by atoms with E-state index in [9.17, 15) is 18.0 Å². The lowest BCUT2D eigenvalue weighted by atomic mass is 10.2. The fraction of sp³-hybridized carbons (Fsp3) is 0.350. The van der Waals surface area contributed by atoms with Gasteiger partial charge in [0.2, 0.25) is 10.0 Å². The molecule has 0 aliphatic carbocycles. The second kappa shape index (κ2) is 9.95. The summed E-state index contributed by atoms with van der Waals surface area (Å²) in [6.07, 6.45) is 2.74. The van der Waals surface area contributed by atoms with Crippen molar-refractivity contribution in [1.29, 1.82) is 0 Å². The van der Waals surface area contributed by atoms with E-state index in [4.69, 9.17) is 27.9 Å². The molecule has 0 spiro atoms. The van der Waals surface area contributed by atoms with E-state index in [-0.39, 0.29) is 21.3 Å². The number of nitrogens with one attached hydrogen (secondary N) is 1. The molecule has 0 radical (unpaired) electrons. The van der Waals surface area contributed by atoms with Crippen LogP contribution in [0.5, 0.6) is 0 Å². The third kappa shape index (κ3) is 5.74. The highest BCUT2D eigenvalue weighted by Crippen LogP contribution is 2.26. The molecule has 1 fully saturated rings. The first kappa shape index (κ1) is 23.5. The van der Waals surface area contributed by atoms with Gasteiger partial charge in [-0.2, -0.15) is 4.31 Å². The van der Waals surface area contributed by atoms with Crippen LogP contribution in [0.1, 0.15) is 36.5 Å². The standard InChI is InChI=1S/C20H21Cl2N3O5S/c1-13(19(26)24-18-8-5-14(21)12-23-18)30-20(27)16-11-15(6-7-17(16)22)31(28,29)25-9-3-2-4-10-25/h5-8,11-13H,2-4,9-10H2,1H3,(H,23,24,26)/t13-/m0/s1. The summed E-state index contributed by atoms with van der Waals surface area (Å²) in [6, 6.07) is 6.91. The van der Waals surface area contributed by atoms with Crippen LogP contribution in [-0.4, -0.2) is 48.8 Å². The number of carbonyl (C=O) groups is 2. The second-order valence-electron chi connectivity index (χ2n) is 7.00. The summed E-state index contributed by atoms with van der Waals surface area (Å²) in [5.41, 5.74) is -0.135. The Balaban J connectivity index is 1.72. The molecule has 2 heterocycles. The molecule has 11 heteroatoms. The number of rotatable bonds is 6. The monoisotopic (exact) mass is 485 g/mol. The average Bonchev–Trinajstić information content (AvgIpc) is 2.76. The minimum atomic E-state index is -3.76. The Labute approximate surface area is 190 Å². The van der Waals surface area contributed by atoms with E-state index in [2.05, 4.69) is 10.3 Å². The van der Waals surface area contributed by atoms with E-state index in [1.807, 2.05) is 0 Å². The molecule has 0 saturated carbocycles. The number of aromatic nitrogens is 1. The van der Waals surface area contributed by atoms with Crippen molar-refractivity contribution in [3.8, 4) is 0 Å². The van der Waals surface area contributed by atoms with Crippen LogP contribution >= 0.6 is 23.2 Å². The van der Waals surface area contributed by atoms with Gasteiger partial charge in [-0.1, -0.05) is 29.6 Å². The predicted octanol–water partition coefficient (Wildman–Crippen LogP) is 3.75. The zero-order valence-electron chi connectivity index (χ0n) is 16.7. The van der Waals surface area contributed by atoms with Crippen LogP contribution in [0, 0.1) is 0 Å². The fourth-order valence-electron chi connectivity index (χ4n) is 3.03. The summed E-state index contributed by atoms with van der Waals surface area (Å²) < 4.78 is 32.3. The Hall–Kier alpha value is -2.20. The molecule has 1 aliphatic rings. The van der Waals surface area contributed by atoms with Gasteiger partial charge in [-0.15, -0.1) is 0 Å². The summed E-state index contributed by atoms with van der Waals surface area (Å²) in [5, 5.41) is 2.93. The molecular weight excluding hydrogens is 465 g/mol. The molecule has 1 aliphatic heterocycles. The molecule has 1 aromatic heterocycles. The number of amides is 1. The van der Waals surface area contributed by atoms with Crippen LogP contribution in [0.4, 0.5) is 5.82 Å². The van der Waals surface area contributed by atoms with Crippen molar-refractivity contribution < 1.29 is 22.7 Å². The lowest BCUT2D eigenvalue weighted by Crippen LogP contribution is -2.35. The van der Waals surface area contributed by atoms with Crippen molar-refractivity contribution in [2.75, 3.05) is 18.4 Å². The molecule has 1 amide bonds. The number of hydrogen-bond donors (Lipinski definition) is 1. The molecule has 166 valence electrons. The normalized spacial score (nSPS) is 15.8. The van der Waals surface area contributed by atoms with Crippen molar-refractivity contribution in [2.45, 2.75) is 37.2 Å². The van der Waals surface area contributed by atoms with E-state index in [1.54, 1.807) is 6.07 Å². The Kier molecular flexibility index (Phi) is 7.53. The minimum Gasteiger partial charge on any atom is -0.449 e. The Morgan fingerprint density at radius 2 is 1.84 bits per heavy atom. The molecule has 1 aromatic carbocycles. The van der Waals surface area contributed by atoms with Gasteiger partial charge in [0, 0.05) is 19.3 Å². The Morgan fingerprint density at radius 1 is 1.13 bits per heavy atom. The van der Waals surface area contributed by atoms with E-state index >= 15 is 0 Å². The molecule has 0 unspecified atom stereocenters. The van der Waals surface area contributed by atoms with Crippen LogP contribution < -0.4 is 5.32 Å². The summed E-state index contributed by atoms with van der Waals surface area (Å²) in [6.45, 7) is 2.24. The van der Waals surface area contributed by atoms with Crippen LogP contribution in [0.25, 0.3) is 0 Å². The summed E-state index contributed by atoms with van der Waals surface area (Å²) in [7, 11) is -3.76. The first-order chi connectivity index (χ1) is 14.7. The lowest BCUT2D eigenvalue weighted by molar-refractivity contribution is -0.123. The van der Waals surface area contributed by atoms with Crippen LogP contribution in [0.2, 0.25) is 10.0 Å². The third-order valence-electron chi connectivity index (χ3n) is 4.74. The molecule has 8 nitrogen and oxygen atoms in total. The Morgan fingerprint density at radius 3 is 2.48 bits per heavy atom. The van der Waals surface area contributed by atoms with Gasteiger partial charge in [-0.05, 0) is 50.1 Å². The molecule has 3 rings (SSSR count). The van der Waals surface area contributed by atoms with E-state index in [1.165, 1.54) is 41.7 Å². The highest BCUT2D eigenvalue weighted by molar-refractivity contribution is 7.89. The van der Waals surface area contributed by atoms with Gasteiger partial charge in [0.15, 0.2) is 6.10 Å².